The molecule has 5 atom stereocenters. The molecule has 30 heavy (non-hydrogen) atoms. The maximum Gasteiger partial charge on any atom is 0.303 e. The molecule has 1 saturated heterocycles. The number of allylic oxidation sites excluding steroid dienone is 1. The lowest BCUT2D eigenvalue weighted by Gasteiger charge is -2.44. The van der Waals surface area contributed by atoms with Crippen LogP contribution < -0.4 is 0 Å². The van der Waals surface area contributed by atoms with Gasteiger partial charge in [0.25, 0.3) is 3.79 Å². The summed E-state index contributed by atoms with van der Waals surface area (Å²) in [6.45, 7) is 8.20. The number of esters is 3. The molecule has 0 aromatic rings. The van der Waals surface area contributed by atoms with Gasteiger partial charge in [0.2, 0.25) is 18.3 Å². The van der Waals surface area contributed by atoms with Crippen molar-refractivity contribution in [2.45, 2.75) is 62.2 Å². The molecule has 1 aliphatic rings. The van der Waals surface area contributed by atoms with E-state index in [4.69, 9.17) is 68.6 Å². The van der Waals surface area contributed by atoms with Crippen LogP contribution in [0.5, 0.6) is 0 Å². The van der Waals surface area contributed by atoms with Crippen molar-refractivity contribution in [2.75, 3.05) is 6.61 Å². The molecule has 10 nitrogen and oxygen atoms in total. The molecule has 0 spiro atoms. The molecule has 0 aromatic heterocycles. The third kappa shape index (κ3) is 8.17. The van der Waals surface area contributed by atoms with Gasteiger partial charge in [-0.2, -0.15) is 0 Å². The second-order valence-electron chi connectivity index (χ2n) is 6.22. The Kier molecular flexibility index (Phi) is 9.67. The van der Waals surface area contributed by atoms with Crippen LogP contribution in [0.3, 0.4) is 0 Å². The molecular weight excluding hydrogens is 469 g/mol. The summed E-state index contributed by atoms with van der Waals surface area (Å²) in [4.78, 5) is 34.7. The highest BCUT2D eigenvalue weighted by Gasteiger charge is 2.53. The van der Waals surface area contributed by atoms with Gasteiger partial charge in [-0.1, -0.05) is 41.4 Å². The molecule has 0 aliphatic carbocycles. The summed E-state index contributed by atoms with van der Waals surface area (Å²) in [5.74, 6) is -2.77. The first-order valence-corrected chi connectivity index (χ1v) is 9.63. The Morgan fingerprint density at radius 2 is 1.43 bits per heavy atom. The fourth-order valence-electron chi connectivity index (χ4n) is 2.51. The predicted molar refractivity (Wildman–Crippen MR) is 105 cm³/mol. The number of ether oxygens (including phenoxy) is 6. The number of hydrogen-bond acceptors (Lipinski definition) is 10. The number of carbonyl (C=O) groups is 3. The van der Waals surface area contributed by atoms with Crippen LogP contribution in [0.2, 0.25) is 0 Å². The van der Waals surface area contributed by atoms with Crippen molar-refractivity contribution in [1.82, 2.24) is 0 Å². The van der Waals surface area contributed by atoms with Crippen LogP contribution in [0, 0.1) is 5.41 Å². The van der Waals surface area contributed by atoms with Crippen molar-refractivity contribution >= 4 is 58.6 Å². The monoisotopic (exact) mass is 489 g/mol. The fourth-order valence-corrected chi connectivity index (χ4v) is 2.64. The Hall–Kier alpha value is -1.75. The van der Waals surface area contributed by atoms with E-state index in [-0.39, 0.29) is 12.4 Å². The van der Waals surface area contributed by atoms with E-state index in [0.717, 1.165) is 13.8 Å². The highest BCUT2D eigenvalue weighted by Crippen LogP contribution is 2.34. The van der Waals surface area contributed by atoms with Gasteiger partial charge < -0.3 is 28.4 Å². The van der Waals surface area contributed by atoms with Crippen molar-refractivity contribution in [3.63, 3.8) is 0 Å². The average molecular weight is 491 g/mol. The van der Waals surface area contributed by atoms with Crippen LogP contribution in [0.4, 0.5) is 0 Å². The topological polar surface area (TPSA) is 130 Å². The SMILES string of the molecule is C=C(C)OC1C(COC(C)=O)OC(OC(=N)C(Cl)(Cl)Cl)C(OC(C)=O)C1OC(C)=O. The molecule has 0 amide bonds. The molecule has 1 aliphatic heterocycles. The van der Waals surface area contributed by atoms with E-state index in [9.17, 15) is 14.4 Å². The van der Waals surface area contributed by atoms with E-state index < -0.39 is 58.3 Å². The number of hydrogen-bond donors (Lipinski definition) is 1. The fraction of sp³-hybridized carbons (Fsp3) is 0.647. The summed E-state index contributed by atoms with van der Waals surface area (Å²) < 4.78 is 29.8. The zero-order chi connectivity index (χ0) is 23.2. The van der Waals surface area contributed by atoms with Gasteiger partial charge in [-0.15, -0.1) is 0 Å². The Bertz CT molecular complexity index is 694. The highest BCUT2D eigenvalue weighted by atomic mass is 35.6. The molecule has 1 N–H and O–H groups in total. The first-order valence-electron chi connectivity index (χ1n) is 8.50. The molecule has 1 rings (SSSR count). The molecule has 0 aromatic carbocycles. The smallest absolute Gasteiger partial charge is 0.303 e. The van der Waals surface area contributed by atoms with E-state index in [1.54, 1.807) is 0 Å². The highest BCUT2D eigenvalue weighted by molar-refractivity contribution is 6.76. The van der Waals surface area contributed by atoms with E-state index in [2.05, 4.69) is 6.58 Å². The first kappa shape index (κ1) is 26.3. The minimum Gasteiger partial charge on any atom is -0.489 e. The minimum atomic E-state index is -2.25. The lowest BCUT2D eigenvalue weighted by atomic mass is 9.98. The Morgan fingerprint density at radius 3 is 1.87 bits per heavy atom. The molecule has 170 valence electrons. The van der Waals surface area contributed by atoms with Crippen LogP contribution in [0.25, 0.3) is 0 Å². The summed E-state index contributed by atoms with van der Waals surface area (Å²) in [6, 6.07) is 0. The van der Waals surface area contributed by atoms with Gasteiger partial charge in [-0.3, -0.25) is 19.8 Å². The largest absolute Gasteiger partial charge is 0.489 e. The van der Waals surface area contributed by atoms with Crippen LogP contribution in [-0.2, 0) is 42.8 Å². The van der Waals surface area contributed by atoms with Crippen molar-refractivity contribution in [3.8, 4) is 0 Å². The first-order chi connectivity index (χ1) is 13.7. The van der Waals surface area contributed by atoms with Gasteiger partial charge in [0.15, 0.2) is 12.2 Å². The lowest BCUT2D eigenvalue weighted by Crippen LogP contribution is -2.63. The molecule has 5 unspecified atom stereocenters. The molecule has 0 radical (unpaired) electrons. The average Bonchev–Trinajstić information content (AvgIpc) is 2.56. The zero-order valence-electron chi connectivity index (χ0n) is 16.6. The van der Waals surface area contributed by atoms with Crippen LogP contribution in [0.15, 0.2) is 12.3 Å². The van der Waals surface area contributed by atoms with Crippen molar-refractivity contribution in [2.24, 2.45) is 0 Å². The Labute approximate surface area is 188 Å². The lowest BCUT2D eigenvalue weighted by molar-refractivity contribution is -0.291. The van der Waals surface area contributed by atoms with Crippen LogP contribution >= 0.6 is 34.8 Å². The number of alkyl halides is 3. The maximum atomic E-state index is 11.7. The normalized spacial score (nSPS) is 26.2. The molecule has 0 saturated carbocycles. The second kappa shape index (κ2) is 11.0. The molecular formula is C17H22Cl3NO9. The quantitative estimate of drug-likeness (QED) is 0.143. The summed E-state index contributed by atoms with van der Waals surface area (Å²) in [5, 5.41) is 7.78. The maximum absolute atomic E-state index is 11.7. The van der Waals surface area contributed by atoms with Gasteiger partial charge in [0, 0.05) is 20.8 Å². The van der Waals surface area contributed by atoms with E-state index in [0.29, 0.717) is 0 Å². The van der Waals surface area contributed by atoms with Gasteiger partial charge in [-0.25, -0.2) is 0 Å². The molecule has 0 bridgehead atoms. The van der Waals surface area contributed by atoms with Crippen molar-refractivity contribution in [3.05, 3.63) is 12.3 Å². The minimum absolute atomic E-state index is 0.212. The number of rotatable bonds is 7. The molecule has 13 heteroatoms. The van der Waals surface area contributed by atoms with E-state index in [1.165, 1.54) is 13.8 Å². The summed E-state index contributed by atoms with van der Waals surface area (Å²) >= 11 is 16.9. The van der Waals surface area contributed by atoms with Gasteiger partial charge >= 0.3 is 17.9 Å². The summed E-state index contributed by atoms with van der Waals surface area (Å²) in [5.41, 5.74) is 0. The predicted octanol–water partition coefficient (Wildman–Crippen LogP) is 2.42. The number of carbonyl (C=O) groups excluding carboxylic acids is 3. The van der Waals surface area contributed by atoms with E-state index >= 15 is 0 Å². The summed E-state index contributed by atoms with van der Waals surface area (Å²) in [7, 11) is 0. The third-order valence-corrected chi connectivity index (χ3v) is 3.99. The zero-order valence-corrected chi connectivity index (χ0v) is 18.9. The summed E-state index contributed by atoms with van der Waals surface area (Å²) in [6.07, 6.45) is -6.48. The van der Waals surface area contributed by atoms with E-state index in [1.807, 2.05) is 0 Å². The number of halogens is 3. The standard InChI is InChI=1S/C17H22Cl3NO9/c1-7(2)26-12-11(6-25-8(3)22)29-15(30-16(21)17(18,19)20)14(28-10(5)24)13(12)27-9(4)23/h11-15,21H,1,6H2,2-5H3. The van der Waals surface area contributed by atoms with Gasteiger partial charge in [0.1, 0.15) is 12.7 Å². The molecule has 1 fully saturated rings. The van der Waals surface area contributed by atoms with Gasteiger partial charge in [-0.05, 0) is 6.92 Å². The van der Waals surface area contributed by atoms with Crippen LogP contribution in [-0.4, -0.2) is 64.9 Å². The van der Waals surface area contributed by atoms with Crippen molar-refractivity contribution in [1.29, 1.82) is 5.41 Å². The number of nitrogens with one attached hydrogen (secondary N) is 1. The van der Waals surface area contributed by atoms with Crippen LogP contribution in [0.1, 0.15) is 27.7 Å². The van der Waals surface area contributed by atoms with Crippen molar-refractivity contribution < 1.29 is 42.8 Å². The molecule has 1 heterocycles. The Morgan fingerprint density at radius 1 is 0.900 bits per heavy atom. The third-order valence-electron chi connectivity index (χ3n) is 3.47. The van der Waals surface area contributed by atoms with Gasteiger partial charge in [0.05, 0.1) is 5.76 Å². The second-order valence-corrected chi connectivity index (χ2v) is 8.50. The Balaban J connectivity index is 3.37.